The predicted octanol–water partition coefficient (Wildman–Crippen LogP) is 2.29. The molecule has 0 aromatic rings. The molecule has 0 bridgehead atoms. The van der Waals surface area contributed by atoms with Crippen LogP contribution in [0.5, 0.6) is 0 Å². The second-order valence-corrected chi connectivity index (χ2v) is 3.68. The SMILES string of the molecule is CCCC(C)C[CH2][AlH2].Cl. The van der Waals surface area contributed by atoms with Crippen molar-refractivity contribution < 1.29 is 0 Å². The molecule has 0 nitrogen and oxygen atoms in total. The van der Waals surface area contributed by atoms with E-state index in [1.807, 2.05) is 0 Å². The fourth-order valence-corrected chi connectivity index (χ4v) is 2.12. The van der Waals surface area contributed by atoms with Gasteiger partial charge in [0.2, 0.25) is 16.3 Å². The van der Waals surface area contributed by atoms with Gasteiger partial charge in [0.1, 0.15) is 0 Å². The Hall–Kier alpha value is 0.822. The zero-order valence-electron chi connectivity index (χ0n) is 6.81. The van der Waals surface area contributed by atoms with Crippen LogP contribution >= 0.6 is 12.4 Å². The second-order valence-electron chi connectivity index (χ2n) is 2.68. The fourth-order valence-electron chi connectivity index (χ4n) is 1.13. The maximum Gasteiger partial charge on any atom is 0.211 e. The van der Waals surface area contributed by atoms with E-state index in [1.54, 1.807) is 0 Å². The summed E-state index contributed by atoms with van der Waals surface area (Å²) in [6.07, 6.45) is 4.27. The zero-order valence-corrected chi connectivity index (χ0v) is 9.63. The van der Waals surface area contributed by atoms with Crippen molar-refractivity contribution in [1.29, 1.82) is 0 Å². The van der Waals surface area contributed by atoms with Crippen LogP contribution < -0.4 is 0 Å². The molecule has 0 aliphatic carbocycles. The molecule has 1 unspecified atom stereocenters. The van der Waals surface area contributed by atoms with Crippen LogP contribution in [0.15, 0.2) is 0 Å². The van der Waals surface area contributed by atoms with E-state index in [9.17, 15) is 0 Å². The molecule has 2 heteroatoms. The summed E-state index contributed by atoms with van der Waals surface area (Å²) in [6, 6.07) is 0. The molecule has 56 valence electrons. The van der Waals surface area contributed by atoms with Crippen LogP contribution in [-0.4, -0.2) is 16.3 Å². The molecule has 0 saturated carbocycles. The number of rotatable bonds is 4. The van der Waals surface area contributed by atoms with E-state index in [-0.39, 0.29) is 12.4 Å². The van der Waals surface area contributed by atoms with Gasteiger partial charge in [0, 0.05) is 0 Å². The van der Waals surface area contributed by atoms with E-state index < -0.39 is 0 Å². The summed E-state index contributed by atoms with van der Waals surface area (Å²) in [6.45, 7) is 4.63. The van der Waals surface area contributed by atoms with Crippen LogP contribution in [0.25, 0.3) is 0 Å². The lowest BCUT2D eigenvalue weighted by molar-refractivity contribution is 0.509. The van der Waals surface area contributed by atoms with Gasteiger partial charge in [-0.1, -0.05) is 33.1 Å². The Morgan fingerprint density at radius 3 is 2.22 bits per heavy atom. The molecule has 0 rings (SSSR count). The lowest BCUT2D eigenvalue weighted by Gasteiger charge is -2.05. The van der Waals surface area contributed by atoms with Gasteiger partial charge in [-0.2, -0.15) is 0 Å². The van der Waals surface area contributed by atoms with Gasteiger partial charge in [-0.25, -0.2) is 0 Å². The van der Waals surface area contributed by atoms with Crippen molar-refractivity contribution in [3.05, 3.63) is 0 Å². The van der Waals surface area contributed by atoms with Gasteiger partial charge in [-0.3, -0.25) is 0 Å². The minimum Gasteiger partial charge on any atom is -0.147 e. The normalized spacial score (nSPS) is 12.2. The second kappa shape index (κ2) is 8.82. The molecule has 0 aromatic heterocycles. The lowest BCUT2D eigenvalue weighted by atomic mass is 10.0. The van der Waals surface area contributed by atoms with Crippen LogP contribution in [0.3, 0.4) is 0 Å². The van der Waals surface area contributed by atoms with Gasteiger partial charge in [0.25, 0.3) is 0 Å². The highest BCUT2D eigenvalue weighted by molar-refractivity contribution is 6.08. The van der Waals surface area contributed by atoms with Gasteiger partial charge >= 0.3 is 0 Å². The molecule has 0 aromatic carbocycles. The number of halogens is 1. The topological polar surface area (TPSA) is 0 Å². The third-order valence-corrected chi connectivity index (χ3v) is 2.14. The third-order valence-electron chi connectivity index (χ3n) is 1.56. The van der Waals surface area contributed by atoms with E-state index in [4.69, 9.17) is 0 Å². The van der Waals surface area contributed by atoms with Crippen molar-refractivity contribution in [3.63, 3.8) is 0 Å². The molecule has 0 N–H and O–H groups in total. The fraction of sp³-hybridized carbons (Fsp3) is 1.00. The Kier molecular flexibility index (Phi) is 12.2. The molecule has 0 fully saturated rings. The Balaban J connectivity index is 0. The zero-order chi connectivity index (χ0) is 6.41. The first-order valence-electron chi connectivity index (χ1n) is 3.81. The van der Waals surface area contributed by atoms with Crippen molar-refractivity contribution in [3.8, 4) is 0 Å². The summed E-state index contributed by atoms with van der Waals surface area (Å²) in [7, 11) is 0. The average molecular weight is 165 g/mol. The highest BCUT2D eigenvalue weighted by Crippen LogP contribution is 2.10. The predicted molar refractivity (Wildman–Crippen MR) is 49.3 cm³/mol. The van der Waals surface area contributed by atoms with E-state index >= 15 is 0 Å². The molecule has 9 heavy (non-hydrogen) atoms. The van der Waals surface area contributed by atoms with Gasteiger partial charge in [0.05, 0.1) is 0 Å². The first kappa shape index (κ1) is 12.5. The minimum absolute atomic E-state index is 0. The summed E-state index contributed by atoms with van der Waals surface area (Å²) in [5, 5.41) is 1.49. The molecule has 0 radical (unpaired) electrons. The molecular formula is C7H18AlCl. The quantitative estimate of drug-likeness (QED) is 0.560. The van der Waals surface area contributed by atoms with E-state index in [0.717, 1.165) is 5.92 Å². The van der Waals surface area contributed by atoms with Crippen LogP contribution in [0.4, 0.5) is 0 Å². The maximum atomic E-state index is 2.36. The summed E-state index contributed by atoms with van der Waals surface area (Å²) >= 11 is 1.39. The van der Waals surface area contributed by atoms with Crippen LogP contribution in [-0.2, 0) is 0 Å². The van der Waals surface area contributed by atoms with Crippen LogP contribution in [0.2, 0.25) is 5.28 Å². The Bertz CT molecular complexity index is 42.2. The van der Waals surface area contributed by atoms with Crippen molar-refractivity contribution >= 4 is 28.7 Å². The molecule has 0 heterocycles. The van der Waals surface area contributed by atoms with Crippen LogP contribution in [0, 0.1) is 5.92 Å². The van der Waals surface area contributed by atoms with Gasteiger partial charge in [-0.05, 0) is 5.92 Å². The summed E-state index contributed by atoms with van der Waals surface area (Å²) in [5.41, 5.74) is 0. The standard InChI is InChI=1S/C7H15.Al.ClH.2H/c1-4-6-7(3)5-2;;;;/h7H,2,4-6H2,1,3H3;;1H;;. The van der Waals surface area contributed by atoms with E-state index in [0.29, 0.717) is 0 Å². The summed E-state index contributed by atoms with van der Waals surface area (Å²) in [5.74, 6) is 0.998. The monoisotopic (exact) mass is 164 g/mol. The maximum absolute atomic E-state index is 2.36. The number of hydrogen-bond acceptors (Lipinski definition) is 0. The smallest absolute Gasteiger partial charge is 0.147 e. The van der Waals surface area contributed by atoms with E-state index in [2.05, 4.69) is 13.8 Å². The Morgan fingerprint density at radius 2 is 1.89 bits per heavy atom. The van der Waals surface area contributed by atoms with Crippen molar-refractivity contribution in [1.82, 2.24) is 0 Å². The molecule has 0 aliphatic rings. The largest absolute Gasteiger partial charge is 0.211 e. The summed E-state index contributed by atoms with van der Waals surface area (Å²) in [4.78, 5) is 0. The van der Waals surface area contributed by atoms with Crippen LogP contribution in [0.1, 0.15) is 33.1 Å². The Morgan fingerprint density at radius 1 is 1.33 bits per heavy atom. The van der Waals surface area contributed by atoms with E-state index in [1.165, 1.54) is 40.8 Å². The molecule has 0 aliphatic heterocycles. The first-order chi connectivity index (χ1) is 3.81. The van der Waals surface area contributed by atoms with Gasteiger partial charge in [0.15, 0.2) is 0 Å². The first-order valence-corrected chi connectivity index (χ1v) is 5.22. The van der Waals surface area contributed by atoms with Crippen molar-refractivity contribution in [2.24, 2.45) is 5.92 Å². The average Bonchev–Trinajstić information content (AvgIpc) is 1.68. The highest BCUT2D eigenvalue weighted by Gasteiger charge is 1.95. The third kappa shape index (κ3) is 8.82. The van der Waals surface area contributed by atoms with Crippen molar-refractivity contribution in [2.75, 3.05) is 0 Å². The molecule has 0 spiro atoms. The lowest BCUT2D eigenvalue weighted by Crippen LogP contribution is -1.91. The van der Waals surface area contributed by atoms with Crippen molar-refractivity contribution in [2.45, 2.75) is 38.4 Å². The Labute approximate surface area is 73.2 Å². The number of hydrogen-bond donors (Lipinski definition) is 0. The molecule has 0 saturated heterocycles. The highest BCUT2D eigenvalue weighted by atomic mass is 35.5. The minimum atomic E-state index is 0. The summed E-state index contributed by atoms with van der Waals surface area (Å²) < 4.78 is 0. The van der Waals surface area contributed by atoms with Gasteiger partial charge < -0.3 is 0 Å². The molecular weight excluding hydrogens is 147 g/mol. The van der Waals surface area contributed by atoms with Gasteiger partial charge in [-0.15, -0.1) is 17.7 Å². The molecule has 1 atom stereocenters. The molecule has 0 amide bonds.